The van der Waals surface area contributed by atoms with E-state index in [9.17, 15) is 9.90 Å². The number of aryl methyl sites for hydroxylation is 1. The smallest absolute Gasteiger partial charge is 0.272 e. The number of aromatic nitrogens is 2. The molecule has 3 heterocycles. The molecular weight excluding hydrogens is 326 g/mol. The minimum atomic E-state index is -0.834. The molecule has 0 radical (unpaired) electrons. The average molecular weight is 347 g/mol. The molecule has 6 nitrogen and oxygen atoms in total. The second-order valence-electron chi connectivity index (χ2n) is 7.10. The molecule has 1 saturated carbocycles. The van der Waals surface area contributed by atoms with E-state index in [1.54, 1.807) is 4.68 Å². The maximum absolute atomic E-state index is 12.7. The molecule has 0 unspecified atom stereocenters. The maximum Gasteiger partial charge on any atom is 0.272 e. The number of aliphatic hydroxyl groups is 1. The van der Waals surface area contributed by atoms with Crippen molar-refractivity contribution in [3.63, 3.8) is 0 Å². The van der Waals surface area contributed by atoms with Crippen LogP contribution in [0.25, 0.3) is 0 Å². The van der Waals surface area contributed by atoms with Gasteiger partial charge in [0.15, 0.2) is 0 Å². The van der Waals surface area contributed by atoms with Crippen LogP contribution in [-0.4, -0.2) is 32.5 Å². The van der Waals surface area contributed by atoms with Gasteiger partial charge in [0.2, 0.25) is 0 Å². The quantitative estimate of drug-likeness (QED) is 0.894. The highest BCUT2D eigenvalue weighted by Gasteiger charge is 2.44. The number of nitrogens with one attached hydrogen (secondary N) is 1. The van der Waals surface area contributed by atoms with Crippen molar-refractivity contribution in [3.8, 4) is 5.75 Å². The van der Waals surface area contributed by atoms with Gasteiger partial charge in [-0.3, -0.25) is 9.48 Å². The van der Waals surface area contributed by atoms with Crippen molar-refractivity contribution in [3.05, 3.63) is 33.8 Å². The van der Waals surface area contributed by atoms with Gasteiger partial charge in [-0.15, -0.1) is 11.3 Å². The van der Waals surface area contributed by atoms with Gasteiger partial charge in [0, 0.05) is 18.7 Å². The van der Waals surface area contributed by atoms with Gasteiger partial charge < -0.3 is 15.2 Å². The predicted octanol–water partition coefficient (Wildman–Crippen LogP) is 2.36. The van der Waals surface area contributed by atoms with Crippen molar-refractivity contribution in [2.75, 3.05) is 0 Å². The highest BCUT2D eigenvalue weighted by Crippen LogP contribution is 2.43. The molecule has 0 saturated heterocycles. The maximum atomic E-state index is 12.7. The molecule has 2 atom stereocenters. The van der Waals surface area contributed by atoms with Crippen LogP contribution in [0.3, 0.4) is 0 Å². The van der Waals surface area contributed by atoms with Crippen LogP contribution in [-0.2, 0) is 7.05 Å². The van der Waals surface area contributed by atoms with E-state index in [0.29, 0.717) is 11.6 Å². The number of amides is 1. The third-order valence-corrected chi connectivity index (χ3v) is 5.75. The van der Waals surface area contributed by atoms with E-state index < -0.39 is 17.7 Å². The SMILES string of the molecule is Cn1nc(C(=O)N[C@H]2c3sccc3OC(C)(C)[C@@H]2O)cc1C1CC1. The molecule has 0 spiro atoms. The Labute approximate surface area is 144 Å². The largest absolute Gasteiger partial charge is 0.484 e. The molecule has 2 aromatic heterocycles. The van der Waals surface area contributed by atoms with Crippen LogP contribution in [0, 0.1) is 0 Å². The van der Waals surface area contributed by atoms with Gasteiger partial charge in [0.25, 0.3) is 5.91 Å². The van der Waals surface area contributed by atoms with Crippen molar-refractivity contribution < 1.29 is 14.6 Å². The van der Waals surface area contributed by atoms with Crippen molar-refractivity contribution in [2.24, 2.45) is 7.05 Å². The molecule has 2 aliphatic rings. The van der Waals surface area contributed by atoms with E-state index in [4.69, 9.17) is 4.74 Å². The lowest BCUT2D eigenvalue weighted by Gasteiger charge is -2.40. The number of rotatable bonds is 3. The number of hydrogen-bond donors (Lipinski definition) is 2. The molecule has 1 aliphatic heterocycles. The number of ether oxygens (including phenoxy) is 1. The van der Waals surface area contributed by atoms with E-state index in [-0.39, 0.29) is 5.91 Å². The van der Waals surface area contributed by atoms with Gasteiger partial charge in [-0.1, -0.05) is 0 Å². The zero-order valence-electron chi connectivity index (χ0n) is 13.9. The summed E-state index contributed by atoms with van der Waals surface area (Å²) in [7, 11) is 1.87. The van der Waals surface area contributed by atoms with Gasteiger partial charge >= 0.3 is 0 Å². The van der Waals surface area contributed by atoms with Crippen molar-refractivity contribution in [2.45, 2.75) is 50.4 Å². The van der Waals surface area contributed by atoms with Crippen LogP contribution >= 0.6 is 11.3 Å². The molecule has 7 heteroatoms. The Morgan fingerprint density at radius 1 is 1.50 bits per heavy atom. The summed E-state index contributed by atoms with van der Waals surface area (Å²) in [4.78, 5) is 13.5. The number of carbonyl (C=O) groups is 1. The summed E-state index contributed by atoms with van der Waals surface area (Å²) in [6, 6.07) is 3.24. The molecular formula is C17H21N3O3S. The van der Waals surface area contributed by atoms with Crippen LogP contribution in [0.1, 0.15) is 59.7 Å². The molecule has 4 rings (SSSR count). The molecule has 0 aromatic carbocycles. The second kappa shape index (κ2) is 5.32. The van der Waals surface area contributed by atoms with Gasteiger partial charge in [-0.05, 0) is 44.2 Å². The molecule has 0 bridgehead atoms. The summed E-state index contributed by atoms with van der Waals surface area (Å²) in [5.41, 5.74) is 0.730. The molecule has 2 aromatic rings. The Balaban J connectivity index is 1.60. The van der Waals surface area contributed by atoms with E-state index in [0.717, 1.165) is 29.2 Å². The lowest BCUT2D eigenvalue weighted by Crippen LogP contribution is -2.53. The van der Waals surface area contributed by atoms with Gasteiger partial charge in [0.1, 0.15) is 23.1 Å². The van der Waals surface area contributed by atoms with E-state index in [1.807, 2.05) is 38.4 Å². The molecule has 1 amide bonds. The fourth-order valence-corrected chi connectivity index (χ4v) is 4.12. The first-order chi connectivity index (χ1) is 11.4. The van der Waals surface area contributed by atoms with Crippen LogP contribution in [0.2, 0.25) is 0 Å². The topological polar surface area (TPSA) is 76.4 Å². The summed E-state index contributed by atoms with van der Waals surface area (Å²) < 4.78 is 7.63. The van der Waals surface area contributed by atoms with Crippen LogP contribution in [0.4, 0.5) is 0 Å². The minimum Gasteiger partial charge on any atom is -0.484 e. The number of aliphatic hydroxyl groups excluding tert-OH is 1. The third-order valence-electron chi connectivity index (χ3n) is 4.77. The minimum absolute atomic E-state index is 0.265. The lowest BCUT2D eigenvalue weighted by atomic mass is 9.90. The summed E-state index contributed by atoms with van der Waals surface area (Å²) in [5, 5.41) is 19.8. The molecule has 24 heavy (non-hydrogen) atoms. The average Bonchev–Trinajstić information content (AvgIpc) is 3.14. The van der Waals surface area contributed by atoms with Crippen molar-refractivity contribution in [1.82, 2.24) is 15.1 Å². The van der Waals surface area contributed by atoms with Crippen LogP contribution < -0.4 is 10.1 Å². The normalized spacial score (nSPS) is 25.0. The number of carbonyl (C=O) groups excluding carboxylic acids is 1. The van der Waals surface area contributed by atoms with Gasteiger partial charge in [0.05, 0.1) is 10.9 Å². The van der Waals surface area contributed by atoms with E-state index in [1.165, 1.54) is 11.3 Å². The molecule has 128 valence electrons. The molecule has 1 aliphatic carbocycles. The highest BCUT2D eigenvalue weighted by molar-refractivity contribution is 7.10. The Morgan fingerprint density at radius 2 is 2.25 bits per heavy atom. The van der Waals surface area contributed by atoms with Gasteiger partial charge in [-0.25, -0.2) is 0 Å². The monoisotopic (exact) mass is 347 g/mol. The first kappa shape index (κ1) is 15.7. The summed E-state index contributed by atoms with van der Waals surface area (Å²) >= 11 is 1.47. The first-order valence-corrected chi connectivity index (χ1v) is 9.04. The van der Waals surface area contributed by atoms with E-state index >= 15 is 0 Å². The fraction of sp³-hybridized carbons (Fsp3) is 0.529. The summed E-state index contributed by atoms with van der Waals surface area (Å²) in [6.45, 7) is 3.65. The third kappa shape index (κ3) is 2.52. The van der Waals surface area contributed by atoms with Gasteiger partial charge in [-0.2, -0.15) is 5.10 Å². The highest BCUT2D eigenvalue weighted by atomic mass is 32.1. The Hall–Kier alpha value is -1.86. The number of nitrogens with zero attached hydrogens (tertiary/aromatic N) is 2. The van der Waals surface area contributed by atoms with Crippen LogP contribution in [0.15, 0.2) is 17.5 Å². The molecule has 1 fully saturated rings. The Bertz CT molecular complexity index is 791. The number of fused-ring (bicyclic) bond motifs is 1. The van der Waals surface area contributed by atoms with Crippen molar-refractivity contribution >= 4 is 17.2 Å². The number of thiophene rings is 1. The summed E-state index contributed by atoms with van der Waals surface area (Å²) in [5.74, 6) is 0.986. The zero-order valence-corrected chi connectivity index (χ0v) is 14.8. The lowest BCUT2D eigenvalue weighted by molar-refractivity contribution is -0.0612. The van der Waals surface area contributed by atoms with E-state index in [2.05, 4.69) is 10.4 Å². The number of hydrogen-bond acceptors (Lipinski definition) is 5. The predicted molar refractivity (Wildman–Crippen MR) is 90.4 cm³/mol. The first-order valence-electron chi connectivity index (χ1n) is 8.16. The second-order valence-corrected chi connectivity index (χ2v) is 8.05. The van der Waals surface area contributed by atoms with Crippen molar-refractivity contribution in [1.29, 1.82) is 0 Å². The Morgan fingerprint density at radius 3 is 2.96 bits per heavy atom. The Kier molecular flexibility index (Phi) is 3.47. The fourth-order valence-electron chi connectivity index (χ4n) is 3.22. The van der Waals surface area contributed by atoms with Crippen LogP contribution in [0.5, 0.6) is 5.75 Å². The summed E-state index contributed by atoms with van der Waals surface area (Å²) in [6.07, 6.45) is 1.48. The standard InChI is InChI=1S/C17H21N3O3S/c1-17(2)15(21)13(14-12(23-17)6-7-24-14)18-16(22)10-8-11(9-4-5-9)20(3)19-10/h6-9,13,15,21H,4-5H2,1-3H3,(H,18,22)/t13-,15+/m0/s1. The molecule has 2 N–H and O–H groups in total. The zero-order chi connectivity index (χ0) is 17.1.